The first-order chi connectivity index (χ1) is 15.2. The number of nitro benzene ring substituents is 1. The lowest BCUT2D eigenvalue weighted by molar-refractivity contribution is -0.757. The van der Waals surface area contributed by atoms with Crippen LogP contribution < -0.4 is 5.32 Å². The van der Waals surface area contributed by atoms with Crippen molar-refractivity contribution >= 4 is 17.6 Å². The number of hydrogen-bond acceptors (Lipinski definition) is 10. The van der Waals surface area contributed by atoms with Crippen LogP contribution in [-0.4, -0.2) is 41.8 Å². The lowest BCUT2D eigenvalue weighted by atomic mass is 9.79. The van der Waals surface area contributed by atoms with Gasteiger partial charge in [-0.3, -0.25) is 10.1 Å². The third-order valence-electron chi connectivity index (χ3n) is 4.64. The Morgan fingerprint density at radius 1 is 1.00 bits per heavy atom. The fourth-order valence-corrected chi connectivity index (χ4v) is 3.39. The first-order valence-corrected chi connectivity index (χ1v) is 9.72. The second kappa shape index (κ2) is 10.9. The number of ether oxygens (including phenoxy) is 2. The topological polar surface area (TPSA) is 160 Å². The predicted molar refractivity (Wildman–Crippen MR) is 110 cm³/mol. The predicted octanol–water partition coefficient (Wildman–Crippen LogP) is 2.53. The van der Waals surface area contributed by atoms with Crippen molar-refractivity contribution in [1.82, 2.24) is 5.32 Å². The molecule has 0 fully saturated rings. The van der Waals surface area contributed by atoms with Crippen molar-refractivity contribution in [2.45, 2.75) is 33.1 Å². The summed E-state index contributed by atoms with van der Waals surface area (Å²) in [5, 5.41) is 23.9. The maximum atomic E-state index is 13.0. The third kappa shape index (κ3) is 5.59. The number of carbonyl (C=O) groups excluding carboxylic acids is 2. The summed E-state index contributed by atoms with van der Waals surface area (Å²) in [7, 11) is 0. The molecule has 0 saturated carbocycles. The van der Waals surface area contributed by atoms with E-state index in [0.717, 1.165) is 0 Å². The van der Waals surface area contributed by atoms with E-state index in [1.807, 2.05) is 0 Å². The van der Waals surface area contributed by atoms with Crippen molar-refractivity contribution in [3.8, 4) is 0 Å². The molecule has 0 radical (unpaired) electrons. The van der Waals surface area contributed by atoms with E-state index in [-0.39, 0.29) is 48.6 Å². The zero-order chi connectivity index (χ0) is 23.8. The monoisotopic (exact) mass is 449 g/mol. The first-order valence-electron chi connectivity index (χ1n) is 9.72. The van der Waals surface area contributed by atoms with Crippen LogP contribution in [0.4, 0.5) is 5.69 Å². The highest BCUT2D eigenvalue weighted by Gasteiger charge is 2.40. The lowest BCUT2D eigenvalue weighted by Gasteiger charge is -2.30. The Hall–Kier alpha value is -3.96. The summed E-state index contributed by atoms with van der Waals surface area (Å²) in [6.45, 7) is 4.42. The number of rotatable bonds is 10. The van der Waals surface area contributed by atoms with E-state index in [4.69, 9.17) is 9.47 Å². The maximum absolute atomic E-state index is 13.0. The highest BCUT2D eigenvalue weighted by atomic mass is 16.9. The minimum absolute atomic E-state index is 0.00291. The molecule has 12 nitrogen and oxygen atoms in total. The lowest BCUT2D eigenvalue weighted by Crippen LogP contribution is -2.33. The summed E-state index contributed by atoms with van der Waals surface area (Å²) < 4.78 is 10.4. The number of dihydropyridines is 1. The number of nitro groups is 1. The molecule has 172 valence electrons. The molecule has 1 aliphatic heterocycles. The van der Waals surface area contributed by atoms with E-state index < -0.39 is 27.9 Å². The fraction of sp³-hybridized carbons (Fsp3) is 0.400. The maximum Gasteiger partial charge on any atom is 0.336 e. The van der Waals surface area contributed by atoms with Crippen molar-refractivity contribution in [1.29, 1.82) is 0 Å². The standard InChI is InChI=1S/C20H23N3O9/c1-4-30-19(24)16-12(2)21-13(3)17(20(25)31-10-7-11-32-23(28)29)18(16)14-8-5-6-9-15(14)22(26)27/h5-6,8-9,18,21H,4,7,10-11H2,1-3H3. The van der Waals surface area contributed by atoms with Gasteiger partial charge in [0, 0.05) is 29.4 Å². The zero-order valence-electron chi connectivity index (χ0n) is 17.8. The Kier molecular flexibility index (Phi) is 8.27. The molecule has 1 aliphatic rings. The van der Waals surface area contributed by atoms with Gasteiger partial charge in [0.05, 0.1) is 41.8 Å². The summed E-state index contributed by atoms with van der Waals surface area (Å²) >= 11 is 0. The van der Waals surface area contributed by atoms with Crippen LogP contribution in [-0.2, 0) is 23.9 Å². The Morgan fingerprint density at radius 2 is 1.59 bits per heavy atom. The van der Waals surface area contributed by atoms with Crippen molar-refractivity contribution < 1.29 is 33.9 Å². The SMILES string of the molecule is CCOC(=O)C1=C(C)NC(C)=C(C(=O)OCCCO[N+](=O)[O-])C1c1ccccc1[N+](=O)[O-]. The van der Waals surface area contributed by atoms with Gasteiger partial charge in [-0.25, -0.2) is 9.59 Å². The largest absolute Gasteiger partial charge is 0.463 e. The molecule has 0 spiro atoms. The second-order valence-corrected chi connectivity index (χ2v) is 6.72. The molecule has 1 N–H and O–H groups in total. The first kappa shape index (κ1) is 24.3. The van der Waals surface area contributed by atoms with E-state index >= 15 is 0 Å². The summed E-state index contributed by atoms with van der Waals surface area (Å²) in [4.78, 5) is 51.2. The van der Waals surface area contributed by atoms with Gasteiger partial charge in [-0.15, -0.1) is 10.1 Å². The molecular formula is C20H23N3O9. The smallest absolute Gasteiger partial charge is 0.336 e. The number of benzene rings is 1. The normalized spacial score (nSPS) is 15.7. The van der Waals surface area contributed by atoms with Crippen LogP contribution >= 0.6 is 0 Å². The number of allylic oxidation sites excluding steroid dienone is 2. The van der Waals surface area contributed by atoms with E-state index in [0.29, 0.717) is 11.4 Å². The second-order valence-electron chi connectivity index (χ2n) is 6.72. The molecule has 1 aromatic rings. The Balaban J connectivity index is 2.47. The summed E-state index contributed by atoms with van der Waals surface area (Å²) in [6.07, 6.45) is 0.0578. The summed E-state index contributed by atoms with van der Waals surface area (Å²) in [5.74, 6) is -2.66. The number of carbonyl (C=O) groups is 2. The number of nitrogens with zero attached hydrogens (tertiary/aromatic N) is 2. The number of hydrogen-bond donors (Lipinski definition) is 1. The van der Waals surface area contributed by atoms with Crippen molar-refractivity contribution in [2.75, 3.05) is 19.8 Å². The molecule has 0 bridgehead atoms. The zero-order valence-corrected chi connectivity index (χ0v) is 17.8. The van der Waals surface area contributed by atoms with E-state index in [2.05, 4.69) is 10.2 Å². The molecule has 1 heterocycles. The van der Waals surface area contributed by atoms with Gasteiger partial charge in [0.25, 0.3) is 10.8 Å². The van der Waals surface area contributed by atoms with Gasteiger partial charge < -0.3 is 19.6 Å². The molecule has 0 aliphatic carbocycles. The third-order valence-corrected chi connectivity index (χ3v) is 4.64. The van der Waals surface area contributed by atoms with Crippen LogP contribution in [0.2, 0.25) is 0 Å². The average molecular weight is 449 g/mol. The summed E-state index contributed by atoms with van der Waals surface area (Å²) in [6, 6.07) is 5.79. The van der Waals surface area contributed by atoms with Gasteiger partial charge in [0.2, 0.25) is 0 Å². The number of para-hydroxylation sites is 1. The molecular weight excluding hydrogens is 426 g/mol. The van der Waals surface area contributed by atoms with Gasteiger partial charge >= 0.3 is 11.9 Å². The number of nitrogens with one attached hydrogen (secondary N) is 1. The Morgan fingerprint density at radius 3 is 2.16 bits per heavy atom. The van der Waals surface area contributed by atoms with Gasteiger partial charge in [-0.1, -0.05) is 18.2 Å². The van der Waals surface area contributed by atoms with Crippen LogP contribution in [0, 0.1) is 20.2 Å². The molecule has 0 aromatic heterocycles. The molecule has 12 heteroatoms. The molecule has 0 amide bonds. The molecule has 1 aromatic carbocycles. The highest BCUT2D eigenvalue weighted by molar-refractivity contribution is 6.00. The van der Waals surface area contributed by atoms with Gasteiger partial charge in [-0.05, 0) is 20.8 Å². The quantitative estimate of drug-likeness (QED) is 0.243. The summed E-state index contributed by atoms with van der Waals surface area (Å²) in [5.41, 5.74) is 0.652. The van der Waals surface area contributed by atoms with Gasteiger partial charge in [0.15, 0.2) is 0 Å². The fourth-order valence-electron chi connectivity index (χ4n) is 3.39. The van der Waals surface area contributed by atoms with E-state index in [1.54, 1.807) is 26.8 Å². The van der Waals surface area contributed by atoms with Crippen LogP contribution in [0.1, 0.15) is 38.7 Å². The Labute approximate surface area is 183 Å². The van der Waals surface area contributed by atoms with E-state index in [9.17, 15) is 29.8 Å². The van der Waals surface area contributed by atoms with Crippen molar-refractivity contribution in [2.24, 2.45) is 0 Å². The average Bonchev–Trinajstić information content (AvgIpc) is 2.72. The molecule has 32 heavy (non-hydrogen) atoms. The van der Waals surface area contributed by atoms with Crippen molar-refractivity contribution in [3.05, 3.63) is 72.6 Å². The van der Waals surface area contributed by atoms with Crippen LogP contribution in [0.25, 0.3) is 0 Å². The van der Waals surface area contributed by atoms with Crippen LogP contribution in [0.15, 0.2) is 46.8 Å². The van der Waals surface area contributed by atoms with Crippen LogP contribution in [0.5, 0.6) is 0 Å². The number of esters is 2. The molecule has 2 rings (SSSR count). The van der Waals surface area contributed by atoms with Gasteiger partial charge in [-0.2, -0.15) is 0 Å². The molecule has 0 saturated heterocycles. The minimum Gasteiger partial charge on any atom is -0.463 e. The molecule has 1 atom stereocenters. The minimum atomic E-state index is -1.11. The highest BCUT2D eigenvalue weighted by Crippen LogP contribution is 2.42. The Bertz CT molecular complexity index is 984. The van der Waals surface area contributed by atoms with Crippen molar-refractivity contribution in [3.63, 3.8) is 0 Å². The van der Waals surface area contributed by atoms with Crippen LogP contribution in [0.3, 0.4) is 0 Å². The van der Waals surface area contributed by atoms with E-state index in [1.165, 1.54) is 18.2 Å². The molecule has 1 unspecified atom stereocenters. The van der Waals surface area contributed by atoms with Gasteiger partial charge in [0.1, 0.15) is 0 Å².